The van der Waals surface area contributed by atoms with Crippen molar-refractivity contribution < 1.29 is 14.6 Å². The highest BCUT2D eigenvalue weighted by Crippen LogP contribution is 2.28. The Labute approximate surface area is 122 Å². The molecule has 2 rings (SSSR count). The summed E-state index contributed by atoms with van der Waals surface area (Å²) in [5.74, 6) is 0.311. The van der Waals surface area contributed by atoms with E-state index in [0.29, 0.717) is 5.75 Å². The van der Waals surface area contributed by atoms with Crippen molar-refractivity contribution in [3.8, 4) is 5.75 Å². The van der Waals surface area contributed by atoms with Crippen molar-refractivity contribution in [3.05, 3.63) is 60.2 Å². The van der Waals surface area contributed by atoms with Crippen LogP contribution in [-0.4, -0.2) is 23.9 Å². The van der Waals surface area contributed by atoms with Gasteiger partial charge in [-0.15, -0.1) is 11.8 Å². The van der Waals surface area contributed by atoms with Crippen LogP contribution in [0.15, 0.2) is 59.5 Å². The molecule has 1 atom stereocenters. The van der Waals surface area contributed by atoms with Crippen LogP contribution in [0.5, 0.6) is 5.75 Å². The number of carbonyl (C=O) groups is 1. The molecule has 0 fully saturated rings. The van der Waals surface area contributed by atoms with Gasteiger partial charge in [0.1, 0.15) is 5.75 Å². The van der Waals surface area contributed by atoms with Crippen molar-refractivity contribution in [3.63, 3.8) is 0 Å². The summed E-state index contributed by atoms with van der Waals surface area (Å²) in [5, 5.41) is 9.25. The summed E-state index contributed by atoms with van der Waals surface area (Å²) in [7, 11) is 1.41. The van der Waals surface area contributed by atoms with Gasteiger partial charge in [-0.2, -0.15) is 0 Å². The van der Waals surface area contributed by atoms with E-state index < -0.39 is 0 Å². The van der Waals surface area contributed by atoms with E-state index in [1.807, 2.05) is 42.5 Å². The molecular formula is C16H16O3S. The third-order valence-electron chi connectivity index (χ3n) is 2.94. The third-order valence-corrected chi connectivity index (χ3v) is 4.05. The molecule has 0 amide bonds. The minimum atomic E-state index is -0.292. The van der Waals surface area contributed by atoms with Crippen molar-refractivity contribution >= 4 is 17.7 Å². The van der Waals surface area contributed by atoms with Gasteiger partial charge in [-0.05, 0) is 29.8 Å². The zero-order valence-corrected chi connectivity index (χ0v) is 12.0. The molecule has 1 N–H and O–H groups in total. The summed E-state index contributed by atoms with van der Waals surface area (Å²) in [6.45, 7) is 0. The maximum Gasteiger partial charge on any atom is 0.313 e. The molecule has 0 heterocycles. The largest absolute Gasteiger partial charge is 0.508 e. The van der Waals surface area contributed by atoms with Gasteiger partial charge in [0.15, 0.2) is 0 Å². The molecule has 0 aliphatic carbocycles. The second kappa shape index (κ2) is 7.01. The maximum absolute atomic E-state index is 11.9. The van der Waals surface area contributed by atoms with E-state index in [0.717, 1.165) is 10.5 Å². The molecule has 0 aromatic heterocycles. The number of esters is 1. The number of rotatable bonds is 5. The number of methoxy groups -OCH3 is 1. The number of ether oxygens (including phenoxy) is 1. The van der Waals surface area contributed by atoms with E-state index in [4.69, 9.17) is 4.74 Å². The fourth-order valence-corrected chi connectivity index (χ4v) is 2.87. The summed E-state index contributed by atoms with van der Waals surface area (Å²) in [5.41, 5.74) is 0.950. The quantitative estimate of drug-likeness (QED) is 0.676. The van der Waals surface area contributed by atoms with Crippen LogP contribution in [0, 0.1) is 0 Å². The summed E-state index contributed by atoms with van der Waals surface area (Å²) in [6.07, 6.45) is 0. The maximum atomic E-state index is 11.9. The topological polar surface area (TPSA) is 46.5 Å². The molecule has 2 aromatic rings. The first kappa shape index (κ1) is 14.5. The van der Waals surface area contributed by atoms with E-state index in [1.54, 1.807) is 23.9 Å². The van der Waals surface area contributed by atoms with Crippen molar-refractivity contribution in [1.82, 2.24) is 0 Å². The fourth-order valence-electron chi connectivity index (χ4n) is 1.85. The van der Waals surface area contributed by atoms with Gasteiger partial charge in [0, 0.05) is 10.6 Å². The van der Waals surface area contributed by atoms with Crippen LogP contribution < -0.4 is 0 Å². The highest BCUT2D eigenvalue weighted by Gasteiger charge is 2.21. The third kappa shape index (κ3) is 3.78. The lowest BCUT2D eigenvalue weighted by Crippen LogP contribution is -2.16. The van der Waals surface area contributed by atoms with E-state index in [9.17, 15) is 9.90 Å². The molecule has 0 bridgehead atoms. The first-order valence-electron chi connectivity index (χ1n) is 6.25. The molecule has 2 aromatic carbocycles. The van der Waals surface area contributed by atoms with E-state index >= 15 is 0 Å². The minimum absolute atomic E-state index is 0.234. The molecular weight excluding hydrogens is 272 g/mol. The van der Waals surface area contributed by atoms with Gasteiger partial charge in [0.2, 0.25) is 0 Å². The molecule has 0 aliphatic heterocycles. The Bertz CT molecular complexity index is 552. The van der Waals surface area contributed by atoms with Gasteiger partial charge in [0.05, 0.1) is 13.0 Å². The number of phenolic OH excluding ortho intramolecular Hbond substituents is 1. The fraction of sp³-hybridized carbons (Fsp3) is 0.188. The predicted molar refractivity (Wildman–Crippen MR) is 80.0 cm³/mol. The SMILES string of the molecule is COC(=O)C(CSc1ccc(O)cc1)c1ccccc1. The molecule has 0 saturated heterocycles. The van der Waals surface area contributed by atoms with Crippen LogP contribution in [0.2, 0.25) is 0 Å². The number of phenols is 1. The Morgan fingerprint density at radius 1 is 1.15 bits per heavy atom. The van der Waals surface area contributed by atoms with E-state index in [2.05, 4.69) is 0 Å². The molecule has 0 aliphatic rings. The predicted octanol–water partition coefficient (Wildman–Crippen LogP) is 3.44. The number of hydrogen-bond acceptors (Lipinski definition) is 4. The van der Waals surface area contributed by atoms with Gasteiger partial charge in [-0.3, -0.25) is 4.79 Å². The molecule has 3 nitrogen and oxygen atoms in total. The van der Waals surface area contributed by atoms with Crippen LogP contribution >= 0.6 is 11.8 Å². The number of hydrogen-bond donors (Lipinski definition) is 1. The highest BCUT2D eigenvalue weighted by molar-refractivity contribution is 7.99. The average Bonchev–Trinajstić information content (AvgIpc) is 2.50. The van der Waals surface area contributed by atoms with Crippen molar-refractivity contribution in [2.45, 2.75) is 10.8 Å². The van der Waals surface area contributed by atoms with Gasteiger partial charge < -0.3 is 9.84 Å². The summed E-state index contributed by atoms with van der Waals surface area (Å²) in [4.78, 5) is 12.9. The Kier molecular flexibility index (Phi) is 5.07. The summed E-state index contributed by atoms with van der Waals surface area (Å²) >= 11 is 1.56. The molecule has 0 spiro atoms. The Morgan fingerprint density at radius 3 is 2.40 bits per heavy atom. The number of benzene rings is 2. The summed E-state index contributed by atoms with van der Waals surface area (Å²) in [6, 6.07) is 16.5. The van der Waals surface area contributed by atoms with Crippen LogP contribution in [0.25, 0.3) is 0 Å². The number of thioether (sulfide) groups is 1. The molecule has 0 saturated carbocycles. The second-order valence-electron chi connectivity index (χ2n) is 4.29. The Morgan fingerprint density at radius 2 is 1.80 bits per heavy atom. The zero-order chi connectivity index (χ0) is 14.4. The Hall–Kier alpha value is -1.94. The van der Waals surface area contributed by atoms with Crippen molar-refractivity contribution in [1.29, 1.82) is 0 Å². The van der Waals surface area contributed by atoms with E-state index in [-0.39, 0.29) is 17.6 Å². The van der Waals surface area contributed by atoms with Gasteiger partial charge in [-0.1, -0.05) is 30.3 Å². The first-order chi connectivity index (χ1) is 9.70. The summed E-state index contributed by atoms with van der Waals surface area (Å²) < 4.78 is 4.88. The van der Waals surface area contributed by atoms with Crippen LogP contribution in [0.3, 0.4) is 0 Å². The van der Waals surface area contributed by atoms with Crippen LogP contribution in [0.4, 0.5) is 0 Å². The minimum Gasteiger partial charge on any atom is -0.508 e. The van der Waals surface area contributed by atoms with Crippen molar-refractivity contribution in [2.24, 2.45) is 0 Å². The zero-order valence-electron chi connectivity index (χ0n) is 11.2. The lowest BCUT2D eigenvalue weighted by molar-refractivity contribution is -0.141. The van der Waals surface area contributed by atoms with Gasteiger partial charge in [-0.25, -0.2) is 0 Å². The average molecular weight is 288 g/mol. The standard InChI is InChI=1S/C16H16O3S/c1-19-16(18)15(12-5-3-2-4-6-12)11-20-14-9-7-13(17)8-10-14/h2-10,15,17H,11H2,1H3. The normalized spacial score (nSPS) is 11.8. The van der Waals surface area contributed by atoms with Crippen LogP contribution in [-0.2, 0) is 9.53 Å². The molecule has 4 heteroatoms. The molecule has 104 valence electrons. The number of carbonyl (C=O) groups excluding carboxylic acids is 1. The van der Waals surface area contributed by atoms with E-state index in [1.165, 1.54) is 7.11 Å². The smallest absolute Gasteiger partial charge is 0.313 e. The molecule has 0 radical (unpaired) electrons. The van der Waals surface area contributed by atoms with Gasteiger partial charge in [0.25, 0.3) is 0 Å². The number of aromatic hydroxyl groups is 1. The highest BCUT2D eigenvalue weighted by atomic mass is 32.2. The molecule has 20 heavy (non-hydrogen) atoms. The lowest BCUT2D eigenvalue weighted by atomic mass is 10.0. The second-order valence-corrected chi connectivity index (χ2v) is 5.38. The monoisotopic (exact) mass is 288 g/mol. The Balaban J connectivity index is 2.09. The van der Waals surface area contributed by atoms with Gasteiger partial charge >= 0.3 is 5.97 Å². The lowest BCUT2D eigenvalue weighted by Gasteiger charge is -2.14. The first-order valence-corrected chi connectivity index (χ1v) is 7.24. The van der Waals surface area contributed by atoms with Crippen molar-refractivity contribution in [2.75, 3.05) is 12.9 Å². The molecule has 1 unspecified atom stereocenters. The van der Waals surface area contributed by atoms with Crippen LogP contribution in [0.1, 0.15) is 11.5 Å².